The molecule has 0 atom stereocenters. The van der Waals surface area contributed by atoms with E-state index in [1.165, 1.54) is 54.4 Å². The molecule has 0 spiro atoms. The number of rotatable bonds is 8. The van der Waals surface area contributed by atoms with E-state index in [4.69, 9.17) is 0 Å². The molecule has 2 rings (SSSR count). The molecule has 0 bridgehead atoms. The van der Waals surface area contributed by atoms with Crippen LogP contribution >= 0.6 is 0 Å². The first-order chi connectivity index (χ1) is 11.6. The molecule has 0 unspecified atom stereocenters. The summed E-state index contributed by atoms with van der Waals surface area (Å²) in [5, 5.41) is 0. The zero-order valence-corrected chi connectivity index (χ0v) is 15.9. The first kappa shape index (κ1) is 18.5. The molecule has 0 amide bonds. The molecule has 0 fully saturated rings. The molecule has 128 valence electrons. The van der Waals surface area contributed by atoms with Gasteiger partial charge >= 0.3 is 0 Å². The van der Waals surface area contributed by atoms with Crippen molar-refractivity contribution in [3.63, 3.8) is 0 Å². The Hall–Kier alpha value is -1.82. The lowest BCUT2D eigenvalue weighted by Crippen LogP contribution is -2.16. The molecular formula is C24H32. The number of hydrogen-bond donors (Lipinski definition) is 0. The Kier molecular flexibility index (Phi) is 6.43. The average Bonchev–Trinajstić information content (AvgIpc) is 2.80. The van der Waals surface area contributed by atoms with Crippen molar-refractivity contribution in [1.82, 2.24) is 0 Å². The summed E-state index contributed by atoms with van der Waals surface area (Å²) in [7, 11) is 0. The molecule has 24 heavy (non-hydrogen) atoms. The first-order valence-corrected chi connectivity index (χ1v) is 9.36. The fourth-order valence-corrected chi connectivity index (χ4v) is 3.73. The van der Waals surface area contributed by atoms with Gasteiger partial charge in [0.1, 0.15) is 0 Å². The van der Waals surface area contributed by atoms with Crippen molar-refractivity contribution in [2.75, 3.05) is 0 Å². The van der Waals surface area contributed by atoms with Gasteiger partial charge < -0.3 is 0 Å². The highest BCUT2D eigenvalue weighted by molar-refractivity contribution is 5.82. The van der Waals surface area contributed by atoms with E-state index in [1.807, 2.05) is 6.08 Å². The molecule has 0 radical (unpaired) electrons. The summed E-state index contributed by atoms with van der Waals surface area (Å²) in [5.74, 6) is 0. The van der Waals surface area contributed by atoms with E-state index in [2.05, 4.69) is 76.8 Å². The minimum atomic E-state index is 0.0766. The van der Waals surface area contributed by atoms with Gasteiger partial charge in [0.25, 0.3) is 0 Å². The molecule has 0 heterocycles. The van der Waals surface area contributed by atoms with Crippen molar-refractivity contribution >= 4 is 5.57 Å². The fraction of sp³-hybridized carbons (Fsp3) is 0.417. The Balaban J connectivity index is 2.40. The molecule has 0 saturated carbocycles. The molecule has 1 aromatic rings. The second-order valence-corrected chi connectivity index (χ2v) is 7.20. The van der Waals surface area contributed by atoms with Crippen LogP contribution in [-0.4, -0.2) is 0 Å². The predicted molar refractivity (Wildman–Crippen MR) is 108 cm³/mol. The van der Waals surface area contributed by atoms with E-state index < -0.39 is 0 Å². The molecule has 1 aromatic carbocycles. The van der Waals surface area contributed by atoms with E-state index in [9.17, 15) is 0 Å². The van der Waals surface area contributed by atoms with E-state index >= 15 is 0 Å². The first-order valence-electron chi connectivity index (χ1n) is 9.36. The highest BCUT2D eigenvalue weighted by Crippen LogP contribution is 2.48. The molecule has 0 heteroatoms. The summed E-state index contributed by atoms with van der Waals surface area (Å²) in [6, 6.07) is 8.95. The minimum Gasteiger partial charge on any atom is -0.0985 e. The number of unbranched alkanes of at least 4 members (excludes halogenated alkanes) is 3. The average molecular weight is 321 g/mol. The van der Waals surface area contributed by atoms with E-state index in [1.54, 1.807) is 5.57 Å². The number of hydrogen-bond acceptors (Lipinski definition) is 0. The Bertz CT molecular complexity index is 665. The van der Waals surface area contributed by atoms with Gasteiger partial charge in [-0.25, -0.2) is 0 Å². The summed E-state index contributed by atoms with van der Waals surface area (Å²) in [6.45, 7) is 13.0. The van der Waals surface area contributed by atoms with Crippen LogP contribution in [0.2, 0.25) is 0 Å². The lowest BCUT2D eigenvalue weighted by atomic mass is 9.80. The molecule has 0 nitrogen and oxygen atoms in total. The van der Waals surface area contributed by atoms with Crippen molar-refractivity contribution in [3.05, 3.63) is 77.4 Å². The van der Waals surface area contributed by atoms with Crippen LogP contribution in [0.4, 0.5) is 0 Å². The van der Waals surface area contributed by atoms with Crippen LogP contribution in [0, 0.1) is 0 Å². The third-order valence-corrected chi connectivity index (χ3v) is 5.22. The number of benzene rings is 1. The highest BCUT2D eigenvalue weighted by atomic mass is 14.4. The SMILES string of the molecule is C=CC(C=CC1=C(CCCCCC)c2ccccc2C1(C)C)=CC. The summed E-state index contributed by atoms with van der Waals surface area (Å²) in [4.78, 5) is 0. The monoisotopic (exact) mass is 320 g/mol. The topological polar surface area (TPSA) is 0 Å². The normalized spacial score (nSPS) is 16.8. The summed E-state index contributed by atoms with van der Waals surface area (Å²) in [6.07, 6.45) is 15.0. The van der Waals surface area contributed by atoms with E-state index in [0.717, 1.165) is 0 Å². The van der Waals surface area contributed by atoms with Gasteiger partial charge in [-0.3, -0.25) is 0 Å². The maximum absolute atomic E-state index is 3.91. The summed E-state index contributed by atoms with van der Waals surface area (Å²) < 4.78 is 0. The molecule has 0 aliphatic heterocycles. The van der Waals surface area contributed by atoms with Crippen molar-refractivity contribution in [3.8, 4) is 0 Å². The second kappa shape index (κ2) is 8.33. The Labute approximate surface area is 148 Å². The van der Waals surface area contributed by atoms with Gasteiger partial charge in [-0.1, -0.05) is 95.2 Å². The number of fused-ring (bicyclic) bond motifs is 1. The summed E-state index contributed by atoms with van der Waals surface area (Å²) >= 11 is 0. The van der Waals surface area contributed by atoms with Crippen molar-refractivity contribution in [2.45, 2.75) is 65.2 Å². The summed E-state index contributed by atoms with van der Waals surface area (Å²) in [5.41, 5.74) is 7.20. The van der Waals surface area contributed by atoms with Crippen LogP contribution in [0.3, 0.4) is 0 Å². The maximum atomic E-state index is 3.91. The minimum absolute atomic E-state index is 0.0766. The lowest BCUT2D eigenvalue weighted by Gasteiger charge is -2.23. The van der Waals surface area contributed by atoms with Crippen LogP contribution in [0.15, 0.2) is 66.3 Å². The Morgan fingerprint density at radius 2 is 1.88 bits per heavy atom. The largest absolute Gasteiger partial charge is 0.0985 e. The van der Waals surface area contributed by atoms with Gasteiger partial charge in [0.15, 0.2) is 0 Å². The molecule has 0 N–H and O–H groups in total. The van der Waals surface area contributed by atoms with Crippen LogP contribution in [0.5, 0.6) is 0 Å². The van der Waals surface area contributed by atoms with Crippen LogP contribution in [0.1, 0.15) is 70.9 Å². The quantitative estimate of drug-likeness (QED) is 0.346. The smallest absolute Gasteiger partial charge is 0.0155 e. The van der Waals surface area contributed by atoms with Crippen molar-refractivity contribution in [1.29, 1.82) is 0 Å². The lowest BCUT2D eigenvalue weighted by molar-refractivity contribution is 0.650. The Morgan fingerprint density at radius 1 is 1.12 bits per heavy atom. The van der Waals surface area contributed by atoms with E-state index in [0.29, 0.717) is 0 Å². The standard InChI is InChI=1S/C24H32/c1-6-9-10-11-14-21-20-15-12-13-16-22(20)24(4,5)23(21)18-17-19(7-2)8-3/h7-8,12-13,15-18H,2,6,9-11,14H2,1,3-5H3. The third kappa shape index (κ3) is 3.80. The molecular weight excluding hydrogens is 288 g/mol. The zero-order chi connectivity index (χ0) is 17.6. The van der Waals surface area contributed by atoms with Gasteiger partial charge in [-0.05, 0) is 47.6 Å². The second-order valence-electron chi connectivity index (χ2n) is 7.20. The molecule has 1 aliphatic carbocycles. The fourth-order valence-electron chi connectivity index (χ4n) is 3.73. The van der Waals surface area contributed by atoms with Crippen LogP contribution in [-0.2, 0) is 5.41 Å². The van der Waals surface area contributed by atoms with Gasteiger partial charge in [-0.15, -0.1) is 0 Å². The van der Waals surface area contributed by atoms with Gasteiger partial charge in [0.2, 0.25) is 0 Å². The third-order valence-electron chi connectivity index (χ3n) is 5.22. The number of allylic oxidation sites excluding steroid dienone is 7. The van der Waals surface area contributed by atoms with Crippen LogP contribution in [0.25, 0.3) is 5.57 Å². The van der Waals surface area contributed by atoms with E-state index in [-0.39, 0.29) is 5.41 Å². The maximum Gasteiger partial charge on any atom is 0.0155 e. The van der Waals surface area contributed by atoms with Gasteiger partial charge in [0, 0.05) is 5.41 Å². The predicted octanol–water partition coefficient (Wildman–Crippen LogP) is 7.39. The molecule has 0 saturated heterocycles. The van der Waals surface area contributed by atoms with Gasteiger partial charge in [-0.2, -0.15) is 0 Å². The van der Waals surface area contributed by atoms with Crippen molar-refractivity contribution < 1.29 is 0 Å². The van der Waals surface area contributed by atoms with Crippen molar-refractivity contribution in [2.24, 2.45) is 0 Å². The zero-order valence-electron chi connectivity index (χ0n) is 15.9. The van der Waals surface area contributed by atoms with Gasteiger partial charge in [0.05, 0.1) is 0 Å². The van der Waals surface area contributed by atoms with Crippen LogP contribution < -0.4 is 0 Å². The highest BCUT2D eigenvalue weighted by Gasteiger charge is 2.35. The molecule has 1 aliphatic rings. The Morgan fingerprint density at radius 3 is 2.54 bits per heavy atom. The molecule has 0 aromatic heterocycles.